The molecule has 0 aromatic carbocycles. The van der Waals surface area contributed by atoms with E-state index in [1.165, 1.54) is 19.3 Å². The lowest BCUT2D eigenvalue weighted by Crippen LogP contribution is -2.15. The number of nitrogens with one attached hydrogen (secondary N) is 1. The zero-order chi connectivity index (χ0) is 12.0. The van der Waals surface area contributed by atoms with Gasteiger partial charge in [0.1, 0.15) is 0 Å². The van der Waals surface area contributed by atoms with E-state index in [1.54, 1.807) is 0 Å². The molecule has 16 heavy (non-hydrogen) atoms. The Hall–Kier alpha value is -0.570. The molecule has 1 aromatic heterocycles. The molecule has 0 saturated heterocycles. The van der Waals surface area contributed by atoms with Crippen LogP contribution in [0.2, 0.25) is 0 Å². The number of anilines is 1. The topological polar surface area (TPSA) is 24.9 Å². The molecule has 1 aromatic rings. The van der Waals surface area contributed by atoms with Gasteiger partial charge in [-0.1, -0.05) is 26.7 Å². The van der Waals surface area contributed by atoms with Crippen LogP contribution in [0.15, 0.2) is 22.9 Å². The van der Waals surface area contributed by atoms with E-state index >= 15 is 0 Å². The highest BCUT2D eigenvalue weighted by molar-refractivity contribution is 9.10. The van der Waals surface area contributed by atoms with Crippen molar-refractivity contribution >= 4 is 21.6 Å². The summed E-state index contributed by atoms with van der Waals surface area (Å²) >= 11 is 3.49. The van der Waals surface area contributed by atoms with Crippen molar-refractivity contribution in [1.82, 2.24) is 4.98 Å². The monoisotopic (exact) mass is 284 g/mol. The number of halogens is 1. The second kappa shape index (κ2) is 6.89. The lowest BCUT2D eigenvalue weighted by molar-refractivity contribution is 0.520. The van der Waals surface area contributed by atoms with E-state index in [2.05, 4.69) is 47.0 Å². The van der Waals surface area contributed by atoms with Gasteiger partial charge in [-0.25, -0.2) is 0 Å². The Morgan fingerprint density at radius 3 is 2.69 bits per heavy atom. The molecule has 1 atom stereocenters. The summed E-state index contributed by atoms with van der Waals surface area (Å²) in [6.07, 6.45) is 7.45. The molecule has 0 saturated carbocycles. The summed E-state index contributed by atoms with van der Waals surface area (Å²) in [5, 5.41) is 3.50. The molecular formula is C13H21BrN2. The molecule has 0 aliphatic rings. The van der Waals surface area contributed by atoms with Crippen LogP contribution in [-0.4, -0.2) is 11.0 Å². The Labute approximate surface area is 107 Å². The summed E-state index contributed by atoms with van der Waals surface area (Å²) < 4.78 is 1.03. The van der Waals surface area contributed by atoms with Gasteiger partial charge in [-0.05, 0) is 41.3 Å². The van der Waals surface area contributed by atoms with Gasteiger partial charge in [0.2, 0.25) is 0 Å². The summed E-state index contributed by atoms with van der Waals surface area (Å²) in [6, 6.07) is 2.51. The summed E-state index contributed by atoms with van der Waals surface area (Å²) in [5.41, 5.74) is 1.13. The standard InChI is InChI=1S/C13H21BrN2/c1-10(2)5-4-6-11(3)16-13-7-8-15-9-12(13)14/h7-11H,4-6H2,1-3H3,(H,15,16). The molecule has 90 valence electrons. The van der Waals surface area contributed by atoms with Crippen LogP contribution in [0.1, 0.15) is 40.0 Å². The molecule has 1 rings (SSSR count). The maximum Gasteiger partial charge on any atom is 0.0590 e. The molecule has 0 aliphatic heterocycles. The number of pyridine rings is 1. The average Bonchev–Trinajstić information content (AvgIpc) is 2.21. The fraction of sp³-hybridized carbons (Fsp3) is 0.615. The Morgan fingerprint density at radius 1 is 1.31 bits per heavy atom. The van der Waals surface area contributed by atoms with E-state index in [1.807, 2.05) is 18.5 Å². The third kappa shape index (κ3) is 4.97. The zero-order valence-electron chi connectivity index (χ0n) is 10.3. The molecule has 0 amide bonds. The number of hydrogen-bond acceptors (Lipinski definition) is 2. The molecule has 0 aliphatic carbocycles. The van der Waals surface area contributed by atoms with Crippen LogP contribution < -0.4 is 5.32 Å². The van der Waals surface area contributed by atoms with Crippen LogP contribution in [0.3, 0.4) is 0 Å². The Kier molecular flexibility index (Phi) is 5.81. The first-order valence-electron chi connectivity index (χ1n) is 5.95. The summed E-state index contributed by atoms with van der Waals surface area (Å²) in [6.45, 7) is 6.78. The largest absolute Gasteiger partial charge is 0.382 e. The van der Waals surface area contributed by atoms with E-state index in [-0.39, 0.29) is 0 Å². The lowest BCUT2D eigenvalue weighted by atomic mass is 10.0. The Balaban J connectivity index is 2.34. The van der Waals surface area contributed by atoms with Gasteiger partial charge in [0.25, 0.3) is 0 Å². The Bertz CT molecular complexity index is 313. The van der Waals surface area contributed by atoms with E-state index in [0.29, 0.717) is 6.04 Å². The molecular weight excluding hydrogens is 264 g/mol. The normalized spacial score (nSPS) is 12.8. The van der Waals surface area contributed by atoms with Crippen molar-refractivity contribution in [3.05, 3.63) is 22.9 Å². The van der Waals surface area contributed by atoms with Gasteiger partial charge in [0.05, 0.1) is 10.2 Å². The summed E-state index contributed by atoms with van der Waals surface area (Å²) in [5.74, 6) is 0.805. The third-order valence-electron chi connectivity index (χ3n) is 2.59. The maximum absolute atomic E-state index is 4.05. The molecule has 3 heteroatoms. The first kappa shape index (κ1) is 13.5. The van der Waals surface area contributed by atoms with E-state index < -0.39 is 0 Å². The van der Waals surface area contributed by atoms with Gasteiger partial charge in [0, 0.05) is 18.4 Å². The maximum atomic E-state index is 4.05. The predicted molar refractivity (Wildman–Crippen MR) is 73.7 cm³/mol. The van der Waals surface area contributed by atoms with Crippen LogP contribution >= 0.6 is 15.9 Å². The van der Waals surface area contributed by atoms with Gasteiger partial charge < -0.3 is 5.32 Å². The minimum absolute atomic E-state index is 0.512. The van der Waals surface area contributed by atoms with Crippen molar-refractivity contribution in [1.29, 1.82) is 0 Å². The van der Waals surface area contributed by atoms with Crippen molar-refractivity contribution in [3.63, 3.8) is 0 Å². The summed E-state index contributed by atoms with van der Waals surface area (Å²) in [7, 11) is 0. The van der Waals surface area contributed by atoms with Gasteiger partial charge in [0.15, 0.2) is 0 Å². The van der Waals surface area contributed by atoms with Gasteiger partial charge in [-0.3, -0.25) is 4.98 Å². The van der Waals surface area contributed by atoms with Gasteiger partial charge >= 0.3 is 0 Å². The minimum Gasteiger partial charge on any atom is -0.382 e. The second-order valence-electron chi connectivity index (χ2n) is 4.73. The van der Waals surface area contributed by atoms with Gasteiger partial charge in [-0.15, -0.1) is 0 Å². The van der Waals surface area contributed by atoms with Crippen molar-refractivity contribution < 1.29 is 0 Å². The van der Waals surface area contributed by atoms with Crippen molar-refractivity contribution in [2.24, 2.45) is 5.92 Å². The minimum atomic E-state index is 0.512. The third-order valence-corrected chi connectivity index (χ3v) is 3.22. The van der Waals surface area contributed by atoms with Gasteiger partial charge in [-0.2, -0.15) is 0 Å². The smallest absolute Gasteiger partial charge is 0.0590 e. The molecule has 1 unspecified atom stereocenters. The number of rotatable bonds is 6. The highest BCUT2D eigenvalue weighted by atomic mass is 79.9. The molecule has 0 bridgehead atoms. The van der Waals surface area contributed by atoms with Crippen molar-refractivity contribution in [2.45, 2.75) is 46.1 Å². The fourth-order valence-electron chi connectivity index (χ4n) is 1.66. The Morgan fingerprint density at radius 2 is 2.06 bits per heavy atom. The quantitative estimate of drug-likeness (QED) is 0.834. The van der Waals surface area contributed by atoms with Crippen LogP contribution in [0.4, 0.5) is 5.69 Å². The first-order valence-corrected chi connectivity index (χ1v) is 6.75. The molecule has 1 heterocycles. The highest BCUT2D eigenvalue weighted by Gasteiger charge is 2.05. The molecule has 1 N–H and O–H groups in total. The van der Waals surface area contributed by atoms with Crippen LogP contribution in [0.5, 0.6) is 0 Å². The van der Waals surface area contributed by atoms with E-state index in [0.717, 1.165) is 16.1 Å². The van der Waals surface area contributed by atoms with E-state index in [9.17, 15) is 0 Å². The van der Waals surface area contributed by atoms with Crippen LogP contribution in [0, 0.1) is 5.92 Å². The molecule has 0 radical (unpaired) electrons. The van der Waals surface area contributed by atoms with Crippen molar-refractivity contribution in [3.8, 4) is 0 Å². The second-order valence-corrected chi connectivity index (χ2v) is 5.58. The molecule has 0 fully saturated rings. The zero-order valence-corrected chi connectivity index (χ0v) is 11.9. The molecule has 0 spiro atoms. The van der Waals surface area contributed by atoms with Crippen LogP contribution in [-0.2, 0) is 0 Å². The lowest BCUT2D eigenvalue weighted by Gasteiger charge is -2.16. The van der Waals surface area contributed by atoms with Crippen molar-refractivity contribution in [2.75, 3.05) is 5.32 Å². The fourth-order valence-corrected chi connectivity index (χ4v) is 2.03. The SMILES string of the molecule is CC(C)CCCC(C)Nc1ccncc1Br. The van der Waals surface area contributed by atoms with E-state index in [4.69, 9.17) is 0 Å². The number of aromatic nitrogens is 1. The van der Waals surface area contributed by atoms with Crippen LogP contribution in [0.25, 0.3) is 0 Å². The highest BCUT2D eigenvalue weighted by Crippen LogP contribution is 2.21. The predicted octanol–water partition coefficient (Wildman–Crippen LogP) is 4.47. The summed E-state index contributed by atoms with van der Waals surface area (Å²) in [4.78, 5) is 4.05. The number of nitrogens with zero attached hydrogens (tertiary/aromatic N) is 1. The first-order chi connectivity index (χ1) is 7.59. The number of hydrogen-bond donors (Lipinski definition) is 1. The molecule has 2 nitrogen and oxygen atoms in total. The average molecular weight is 285 g/mol.